The van der Waals surface area contributed by atoms with E-state index in [1.807, 2.05) is 6.07 Å². The van der Waals surface area contributed by atoms with Crippen molar-refractivity contribution in [2.75, 3.05) is 6.61 Å². The number of H-pyrrole nitrogens is 1. The second-order valence-electron chi connectivity index (χ2n) is 5.57. The van der Waals surface area contributed by atoms with E-state index in [2.05, 4.69) is 15.8 Å². The van der Waals surface area contributed by atoms with Gasteiger partial charge < -0.3 is 9.72 Å². The first-order chi connectivity index (χ1) is 11.9. The average molecular weight is 343 g/mol. The highest BCUT2D eigenvalue weighted by molar-refractivity contribution is 6.02. The Morgan fingerprint density at radius 2 is 1.68 bits per heavy atom. The van der Waals surface area contributed by atoms with Crippen LogP contribution in [0.4, 0.5) is 0 Å². The highest BCUT2D eigenvalue weighted by Gasteiger charge is 2.23. The molecule has 3 N–H and O–H groups in total. The molecule has 0 spiro atoms. The third-order valence-electron chi connectivity index (χ3n) is 3.82. The van der Waals surface area contributed by atoms with Crippen molar-refractivity contribution in [3.63, 3.8) is 0 Å². The number of nitrogens with one attached hydrogen (secondary N) is 3. The summed E-state index contributed by atoms with van der Waals surface area (Å²) in [5.74, 6) is -1.45. The van der Waals surface area contributed by atoms with Crippen LogP contribution in [0, 0.1) is 20.8 Å². The number of aromatic nitrogens is 1. The third-order valence-corrected chi connectivity index (χ3v) is 3.82. The van der Waals surface area contributed by atoms with E-state index in [0.29, 0.717) is 22.4 Å². The van der Waals surface area contributed by atoms with E-state index in [-0.39, 0.29) is 12.3 Å². The van der Waals surface area contributed by atoms with Gasteiger partial charge in [-0.3, -0.25) is 20.4 Å². The van der Waals surface area contributed by atoms with E-state index in [1.165, 1.54) is 0 Å². The number of benzene rings is 1. The standard InChI is InChI=1S/C18H21N3O4/c1-5-25-18(24)14-11(3)15(19-12(14)4)17(23)21-20-16(22)13-9-7-6-8-10(13)2/h6-9,19H,5H2,1-4H3,(H,20,22)(H,21,23). The molecule has 7 heteroatoms. The van der Waals surface area contributed by atoms with Crippen LogP contribution in [-0.2, 0) is 4.74 Å². The van der Waals surface area contributed by atoms with E-state index in [9.17, 15) is 14.4 Å². The molecule has 2 amide bonds. The molecule has 0 aliphatic heterocycles. The predicted octanol–water partition coefficient (Wildman–Crippen LogP) is 2.19. The molecular formula is C18H21N3O4. The molecule has 0 saturated carbocycles. The summed E-state index contributed by atoms with van der Waals surface area (Å²) in [4.78, 5) is 39.3. The van der Waals surface area contributed by atoms with Gasteiger partial charge in [-0.05, 0) is 44.9 Å². The molecule has 7 nitrogen and oxygen atoms in total. The Morgan fingerprint density at radius 1 is 1.04 bits per heavy atom. The van der Waals surface area contributed by atoms with E-state index in [0.717, 1.165) is 5.56 Å². The van der Waals surface area contributed by atoms with Crippen LogP contribution < -0.4 is 10.9 Å². The first kappa shape index (κ1) is 18.3. The van der Waals surface area contributed by atoms with Crippen molar-refractivity contribution in [3.8, 4) is 0 Å². The number of rotatable bonds is 4. The molecule has 1 aromatic heterocycles. The number of hydrazine groups is 1. The van der Waals surface area contributed by atoms with Crippen molar-refractivity contribution in [1.82, 2.24) is 15.8 Å². The van der Waals surface area contributed by atoms with Gasteiger partial charge in [-0.25, -0.2) is 4.79 Å². The molecule has 2 aromatic rings. The Hall–Kier alpha value is -3.09. The Kier molecular flexibility index (Phi) is 5.59. The first-order valence-electron chi connectivity index (χ1n) is 7.89. The summed E-state index contributed by atoms with van der Waals surface area (Å²) in [6, 6.07) is 7.04. The second-order valence-corrected chi connectivity index (χ2v) is 5.57. The fourth-order valence-corrected chi connectivity index (χ4v) is 2.56. The van der Waals surface area contributed by atoms with Gasteiger partial charge in [0.2, 0.25) is 0 Å². The highest BCUT2D eigenvalue weighted by Crippen LogP contribution is 2.19. The molecule has 0 radical (unpaired) electrons. The SMILES string of the molecule is CCOC(=O)c1c(C)[nH]c(C(=O)NNC(=O)c2ccccc2C)c1C. The molecule has 2 rings (SSSR count). The van der Waals surface area contributed by atoms with Gasteiger partial charge in [-0.1, -0.05) is 18.2 Å². The maximum atomic E-state index is 12.3. The summed E-state index contributed by atoms with van der Waals surface area (Å²) in [6.45, 7) is 7.09. The summed E-state index contributed by atoms with van der Waals surface area (Å²) in [7, 11) is 0. The molecular weight excluding hydrogens is 322 g/mol. The van der Waals surface area contributed by atoms with E-state index < -0.39 is 17.8 Å². The summed E-state index contributed by atoms with van der Waals surface area (Å²) < 4.78 is 4.99. The minimum Gasteiger partial charge on any atom is -0.462 e. The number of ether oxygens (including phenoxy) is 1. The fourth-order valence-electron chi connectivity index (χ4n) is 2.56. The molecule has 0 fully saturated rings. The summed E-state index contributed by atoms with van der Waals surface area (Å²) in [5, 5.41) is 0. The van der Waals surface area contributed by atoms with Crippen molar-refractivity contribution in [2.45, 2.75) is 27.7 Å². The maximum absolute atomic E-state index is 12.3. The maximum Gasteiger partial charge on any atom is 0.340 e. The summed E-state index contributed by atoms with van der Waals surface area (Å²) >= 11 is 0. The molecule has 0 bridgehead atoms. The van der Waals surface area contributed by atoms with E-state index >= 15 is 0 Å². The number of hydrogen-bond acceptors (Lipinski definition) is 4. The number of aromatic amines is 1. The van der Waals surface area contributed by atoms with Crippen LogP contribution in [-0.4, -0.2) is 29.4 Å². The quantitative estimate of drug-likeness (QED) is 0.585. The number of amides is 2. The zero-order valence-electron chi connectivity index (χ0n) is 14.6. The van der Waals surface area contributed by atoms with Crippen molar-refractivity contribution in [3.05, 3.63) is 57.9 Å². The zero-order chi connectivity index (χ0) is 18.6. The zero-order valence-corrected chi connectivity index (χ0v) is 14.6. The Bertz CT molecular complexity index is 824. The number of carbonyl (C=O) groups excluding carboxylic acids is 3. The molecule has 0 atom stereocenters. The number of aryl methyl sites for hydroxylation is 2. The largest absolute Gasteiger partial charge is 0.462 e. The van der Waals surface area contributed by atoms with Gasteiger partial charge in [0.1, 0.15) is 5.69 Å². The lowest BCUT2D eigenvalue weighted by molar-refractivity contribution is 0.0524. The van der Waals surface area contributed by atoms with Gasteiger partial charge >= 0.3 is 5.97 Å². The number of esters is 1. The smallest absolute Gasteiger partial charge is 0.340 e. The molecule has 1 aromatic carbocycles. The van der Waals surface area contributed by atoms with Gasteiger partial charge in [0, 0.05) is 11.3 Å². The molecule has 1 heterocycles. The molecule has 132 valence electrons. The van der Waals surface area contributed by atoms with Crippen LogP contribution in [0.25, 0.3) is 0 Å². The lowest BCUT2D eigenvalue weighted by atomic mass is 10.1. The monoisotopic (exact) mass is 343 g/mol. The Balaban J connectivity index is 2.12. The van der Waals surface area contributed by atoms with Gasteiger partial charge in [0.15, 0.2) is 0 Å². The van der Waals surface area contributed by atoms with Crippen LogP contribution in [0.5, 0.6) is 0 Å². The number of hydrogen-bond donors (Lipinski definition) is 3. The summed E-state index contributed by atoms with van der Waals surface area (Å²) in [5.41, 5.74) is 7.53. The normalized spacial score (nSPS) is 10.2. The van der Waals surface area contributed by atoms with Crippen LogP contribution in [0.1, 0.15) is 54.9 Å². The molecule has 0 unspecified atom stereocenters. The van der Waals surface area contributed by atoms with Crippen molar-refractivity contribution < 1.29 is 19.1 Å². The van der Waals surface area contributed by atoms with Gasteiger partial charge in [0.25, 0.3) is 11.8 Å². The molecule has 0 aliphatic carbocycles. The van der Waals surface area contributed by atoms with Crippen LogP contribution in [0.3, 0.4) is 0 Å². The summed E-state index contributed by atoms with van der Waals surface area (Å²) in [6.07, 6.45) is 0. The van der Waals surface area contributed by atoms with Crippen molar-refractivity contribution in [2.24, 2.45) is 0 Å². The molecule has 0 saturated heterocycles. The van der Waals surface area contributed by atoms with Gasteiger partial charge in [-0.15, -0.1) is 0 Å². The first-order valence-corrected chi connectivity index (χ1v) is 7.89. The lowest BCUT2D eigenvalue weighted by Crippen LogP contribution is -2.42. The Morgan fingerprint density at radius 3 is 2.32 bits per heavy atom. The van der Waals surface area contributed by atoms with Gasteiger partial charge in [0.05, 0.1) is 12.2 Å². The van der Waals surface area contributed by atoms with Crippen molar-refractivity contribution >= 4 is 17.8 Å². The molecule has 25 heavy (non-hydrogen) atoms. The van der Waals surface area contributed by atoms with E-state index in [4.69, 9.17) is 4.74 Å². The van der Waals surface area contributed by atoms with Crippen LogP contribution in [0.15, 0.2) is 24.3 Å². The predicted molar refractivity (Wildman–Crippen MR) is 92.3 cm³/mol. The van der Waals surface area contributed by atoms with Crippen molar-refractivity contribution in [1.29, 1.82) is 0 Å². The van der Waals surface area contributed by atoms with Crippen LogP contribution in [0.2, 0.25) is 0 Å². The topological polar surface area (TPSA) is 100 Å². The van der Waals surface area contributed by atoms with Gasteiger partial charge in [-0.2, -0.15) is 0 Å². The van der Waals surface area contributed by atoms with Crippen LogP contribution >= 0.6 is 0 Å². The minimum atomic E-state index is -0.543. The Labute approximate surface area is 145 Å². The number of carbonyl (C=O) groups is 3. The lowest BCUT2D eigenvalue weighted by Gasteiger charge is -2.09. The highest BCUT2D eigenvalue weighted by atomic mass is 16.5. The van der Waals surface area contributed by atoms with E-state index in [1.54, 1.807) is 45.9 Å². The minimum absolute atomic E-state index is 0.200. The fraction of sp³-hybridized carbons (Fsp3) is 0.278. The average Bonchev–Trinajstić information content (AvgIpc) is 2.87. The molecule has 0 aliphatic rings. The second kappa shape index (κ2) is 7.65. The third kappa shape index (κ3) is 3.88.